The van der Waals surface area contributed by atoms with E-state index in [2.05, 4.69) is 9.97 Å². The van der Waals surface area contributed by atoms with Crippen molar-refractivity contribution in [3.8, 4) is 0 Å². The molecule has 7 heteroatoms. The van der Waals surface area contributed by atoms with E-state index in [1.165, 1.54) is 6.33 Å². The van der Waals surface area contributed by atoms with Crippen LogP contribution in [-0.2, 0) is 4.74 Å². The third kappa shape index (κ3) is 2.31. The van der Waals surface area contributed by atoms with Crippen LogP contribution >= 0.6 is 23.2 Å². The lowest BCUT2D eigenvalue weighted by Gasteiger charge is -2.32. The highest BCUT2D eigenvalue weighted by Gasteiger charge is 2.23. The fraction of sp³-hybridized carbons (Fsp3) is 0.556. The van der Waals surface area contributed by atoms with Crippen LogP contribution in [0, 0.1) is 0 Å². The van der Waals surface area contributed by atoms with Gasteiger partial charge in [0.2, 0.25) is 0 Å². The van der Waals surface area contributed by atoms with Crippen molar-refractivity contribution in [2.75, 3.05) is 30.5 Å². The Hall–Kier alpha value is -0.780. The molecule has 2 rings (SSSR count). The molecule has 0 bridgehead atoms. The molecule has 1 saturated heterocycles. The standard InChI is InChI=1S/C9H11Cl2N3O2/c10-3-6-4-14(1-2-16-6)8-7(11)9(15)13-5-12-8/h5-6H,1-4H2,(H,12,13,15). The van der Waals surface area contributed by atoms with Crippen LogP contribution in [0.25, 0.3) is 0 Å². The molecule has 0 aliphatic carbocycles. The molecule has 88 valence electrons. The van der Waals surface area contributed by atoms with Gasteiger partial charge in [-0.3, -0.25) is 4.79 Å². The molecule has 0 spiro atoms. The number of nitrogens with zero attached hydrogens (tertiary/aromatic N) is 2. The number of H-pyrrole nitrogens is 1. The zero-order valence-electron chi connectivity index (χ0n) is 8.45. The zero-order chi connectivity index (χ0) is 11.5. The number of alkyl halides is 1. The first-order valence-electron chi connectivity index (χ1n) is 4.88. The van der Waals surface area contributed by atoms with Gasteiger partial charge in [-0.1, -0.05) is 11.6 Å². The van der Waals surface area contributed by atoms with Gasteiger partial charge in [0.05, 0.1) is 24.9 Å². The highest BCUT2D eigenvalue weighted by molar-refractivity contribution is 6.32. The molecule has 1 fully saturated rings. The maximum Gasteiger partial charge on any atom is 0.271 e. The number of anilines is 1. The summed E-state index contributed by atoms with van der Waals surface area (Å²) in [6.45, 7) is 1.81. The molecule has 1 aliphatic rings. The van der Waals surface area contributed by atoms with Gasteiger partial charge in [-0.15, -0.1) is 11.6 Å². The Morgan fingerprint density at radius 1 is 1.69 bits per heavy atom. The summed E-state index contributed by atoms with van der Waals surface area (Å²) in [4.78, 5) is 19.7. The number of rotatable bonds is 2. The van der Waals surface area contributed by atoms with Gasteiger partial charge in [0, 0.05) is 13.1 Å². The molecule has 1 atom stereocenters. The molecule has 0 amide bonds. The fourth-order valence-corrected chi connectivity index (χ4v) is 2.01. The van der Waals surface area contributed by atoms with Crippen LogP contribution in [0.3, 0.4) is 0 Å². The lowest BCUT2D eigenvalue weighted by molar-refractivity contribution is 0.0551. The predicted octanol–water partition coefficient (Wildman–Crippen LogP) is 0.867. The summed E-state index contributed by atoms with van der Waals surface area (Å²) in [6, 6.07) is 0. The molecule has 1 aliphatic heterocycles. The van der Waals surface area contributed by atoms with Crippen molar-refractivity contribution in [2.45, 2.75) is 6.10 Å². The summed E-state index contributed by atoms with van der Waals surface area (Å²) in [6.07, 6.45) is 1.29. The van der Waals surface area contributed by atoms with Gasteiger partial charge in [0.1, 0.15) is 5.02 Å². The molecule has 1 aromatic heterocycles. The first kappa shape index (κ1) is 11.7. The molecule has 0 radical (unpaired) electrons. The molecule has 1 N–H and O–H groups in total. The second-order valence-electron chi connectivity index (χ2n) is 3.46. The minimum Gasteiger partial charge on any atom is -0.373 e. The number of halogens is 2. The maximum absolute atomic E-state index is 11.3. The Kier molecular flexibility index (Phi) is 3.68. The van der Waals surface area contributed by atoms with Gasteiger partial charge >= 0.3 is 0 Å². The van der Waals surface area contributed by atoms with E-state index < -0.39 is 0 Å². The van der Waals surface area contributed by atoms with Gasteiger partial charge < -0.3 is 14.6 Å². The Bertz CT molecular complexity index is 423. The Balaban J connectivity index is 2.23. The van der Waals surface area contributed by atoms with E-state index in [1.807, 2.05) is 4.90 Å². The monoisotopic (exact) mass is 263 g/mol. The molecule has 0 saturated carbocycles. The number of hydrogen-bond acceptors (Lipinski definition) is 4. The average Bonchev–Trinajstić information content (AvgIpc) is 2.33. The van der Waals surface area contributed by atoms with E-state index in [4.69, 9.17) is 27.9 Å². The van der Waals surface area contributed by atoms with Crippen molar-refractivity contribution in [1.29, 1.82) is 0 Å². The van der Waals surface area contributed by atoms with Crippen molar-refractivity contribution in [3.63, 3.8) is 0 Å². The molecule has 5 nitrogen and oxygen atoms in total. The van der Waals surface area contributed by atoms with Crippen LogP contribution in [0.2, 0.25) is 5.02 Å². The molecule has 1 aromatic rings. The maximum atomic E-state index is 11.3. The van der Waals surface area contributed by atoms with Crippen LogP contribution < -0.4 is 10.5 Å². The Morgan fingerprint density at radius 2 is 2.50 bits per heavy atom. The summed E-state index contributed by atoms with van der Waals surface area (Å²) in [5.74, 6) is 0.904. The quantitative estimate of drug-likeness (QED) is 0.805. The van der Waals surface area contributed by atoms with Crippen LogP contribution in [0.4, 0.5) is 5.82 Å². The van der Waals surface area contributed by atoms with E-state index in [0.717, 1.165) is 0 Å². The summed E-state index contributed by atoms with van der Waals surface area (Å²) in [5.41, 5.74) is -0.333. The molecular formula is C9H11Cl2N3O2. The van der Waals surface area contributed by atoms with Gasteiger partial charge in [0.25, 0.3) is 5.56 Å². The third-order valence-corrected chi connectivity index (χ3v) is 3.07. The Labute approximate surface area is 102 Å². The second-order valence-corrected chi connectivity index (χ2v) is 4.15. The topological polar surface area (TPSA) is 58.2 Å². The third-order valence-electron chi connectivity index (χ3n) is 2.39. The second kappa shape index (κ2) is 5.03. The number of nitrogens with one attached hydrogen (secondary N) is 1. The zero-order valence-corrected chi connectivity index (χ0v) is 9.96. The highest BCUT2D eigenvalue weighted by Crippen LogP contribution is 2.20. The van der Waals surface area contributed by atoms with Crippen LogP contribution in [0.15, 0.2) is 11.1 Å². The van der Waals surface area contributed by atoms with Gasteiger partial charge in [-0.25, -0.2) is 4.98 Å². The van der Waals surface area contributed by atoms with Gasteiger partial charge in [0.15, 0.2) is 5.82 Å². The Morgan fingerprint density at radius 3 is 3.25 bits per heavy atom. The number of ether oxygens (including phenoxy) is 1. The van der Waals surface area contributed by atoms with Crippen molar-refractivity contribution in [2.24, 2.45) is 0 Å². The molecule has 0 aromatic carbocycles. The lowest BCUT2D eigenvalue weighted by Crippen LogP contribution is -2.44. The first-order chi connectivity index (χ1) is 7.72. The van der Waals surface area contributed by atoms with E-state index >= 15 is 0 Å². The van der Waals surface area contributed by atoms with Crippen molar-refractivity contribution in [1.82, 2.24) is 9.97 Å². The summed E-state index contributed by atoms with van der Waals surface area (Å²) in [5, 5.41) is 0.109. The number of aromatic amines is 1. The lowest BCUT2D eigenvalue weighted by atomic mass is 10.3. The van der Waals surface area contributed by atoms with Gasteiger partial charge in [-0.2, -0.15) is 0 Å². The van der Waals surface area contributed by atoms with Crippen molar-refractivity contribution < 1.29 is 4.74 Å². The van der Waals surface area contributed by atoms with Crippen molar-refractivity contribution in [3.05, 3.63) is 21.7 Å². The van der Waals surface area contributed by atoms with E-state index in [-0.39, 0.29) is 16.7 Å². The van der Waals surface area contributed by atoms with Crippen LogP contribution in [-0.4, -0.2) is 41.6 Å². The normalized spacial score (nSPS) is 21.1. The SMILES string of the molecule is O=c1[nH]cnc(N2CCOC(CCl)C2)c1Cl. The largest absolute Gasteiger partial charge is 0.373 e. The fourth-order valence-electron chi connectivity index (χ4n) is 1.60. The molecule has 1 unspecified atom stereocenters. The average molecular weight is 264 g/mol. The van der Waals surface area contributed by atoms with Crippen LogP contribution in [0.5, 0.6) is 0 Å². The summed E-state index contributed by atoms with van der Waals surface area (Å²) >= 11 is 11.6. The summed E-state index contributed by atoms with van der Waals surface area (Å²) < 4.78 is 5.42. The van der Waals surface area contributed by atoms with E-state index in [1.54, 1.807) is 0 Å². The van der Waals surface area contributed by atoms with E-state index in [0.29, 0.717) is 31.4 Å². The van der Waals surface area contributed by atoms with Crippen LogP contribution in [0.1, 0.15) is 0 Å². The molecule has 2 heterocycles. The van der Waals surface area contributed by atoms with E-state index in [9.17, 15) is 4.79 Å². The number of hydrogen-bond donors (Lipinski definition) is 1. The van der Waals surface area contributed by atoms with Gasteiger partial charge in [-0.05, 0) is 0 Å². The predicted molar refractivity (Wildman–Crippen MR) is 62.5 cm³/mol. The molecule has 16 heavy (non-hydrogen) atoms. The smallest absolute Gasteiger partial charge is 0.271 e. The van der Waals surface area contributed by atoms with Crippen molar-refractivity contribution >= 4 is 29.0 Å². The number of morpholine rings is 1. The number of aromatic nitrogens is 2. The minimum absolute atomic E-state index is 0.0485. The first-order valence-corrected chi connectivity index (χ1v) is 5.79. The summed E-state index contributed by atoms with van der Waals surface area (Å²) in [7, 11) is 0. The minimum atomic E-state index is -0.333. The molecular weight excluding hydrogens is 253 g/mol. The highest BCUT2D eigenvalue weighted by atomic mass is 35.5.